The van der Waals surface area contributed by atoms with Crippen LogP contribution < -0.4 is 15.4 Å². The quantitative estimate of drug-likeness (QED) is 0.756. The van der Waals surface area contributed by atoms with E-state index in [2.05, 4.69) is 20.6 Å². The van der Waals surface area contributed by atoms with Gasteiger partial charge < -0.3 is 15.4 Å². The number of methoxy groups -OCH3 is 1. The Morgan fingerprint density at radius 2 is 2.29 bits per heavy atom. The van der Waals surface area contributed by atoms with Crippen molar-refractivity contribution in [1.82, 2.24) is 9.97 Å². The van der Waals surface area contributed by atoms with E-state index in [1.807, 2.05) is 23.6 Å². The topological polar surface area (TPSA) is 76.1 Å². The van der Waals surface area contributed by atoms with Crippen LogP contribution in [0.15, 0.2) is 29.8 Å². The Balaban J connectivity index is 1.65. The zero-order chi connectivity index (χ0) is 14.7. The third-order valence-corrected chi connectivity index (χ3v) is 4.34. The number of anilines is 2. The van der Waals surface area contributed by atoms with E-state index in [1.54, 1.807) is 13.3 Å². The van der Waals surface area contributed by atoms with Crippen LogP contribution in [0.2, 0.25) is 0 Å². The van der Waals surface area contributed by atoms with Crippen molar-refractivity contribution in [3.63, 3.8) is 0 Å². The van der Waals surface area contributed by atoms with Crippen molar-refractivity contribution in [2.45, 2.75) is 0 Å². The number of hydrogen-bond acceptors (Lipinski definition) is 7. The molecule has 2 heterocycles. The summed E-state index contributed by atoms with van der Waals surface area (Å²) in [5.74, 6) is 0.616. The summed E-state index contributed by atoms with van der Waals surface area (Å²) in [5, 5.41) is 8.87. The molecule has 2 aromatic heterocycles. The molecule has 0 atom stereocenters. The number of hydrogen-bond donors (Lipinski definition) is 2. The molecule has 2 N–H and O–H groups in total. The van der Waals surface area contributed by atoms with E-state index >= 15 is 0 Å². The Bertz CT molecular complexity index is 755. The third-order valence-electron chi connectivity index (χ3n) is 2.67. The second kappa shape index (κ2) is 6.06. The number of nitrogens with one attached hydrogen (secondary N) is 2. The zero-order valence-electron chi connectivity index (χ0n) is 11.1. The van der Waals surface area contributed by atoms with Crippen LogP contribution in [-0.4, -0.2) is 29.5 Å². The van der Waals surface area contributed by atoms with Crippen LogP contribution in [0, 0.1) is 0 Å². The Hall–Kier alpha value is -2.19. The normalized spacial score (nSPS) is 10.5. The van der Waals surface area contributed by atoms with Crippen molar-refractivity contribution in [2.75, 3.05) is 24.3 Å². The van der Waals surface area contributed by atoms with Crippen LogP contribution in [0.4, 0.5) is 10.3 Å². The molecule has 0 spiro atoms. The number of carbonyl (C=O) groups excluding carboxylic acids is 1. The second-order valence-electron chi connectivity index (χ2n) is 4.09. The first-order chi connectivity index (χ1) is 10.2. The molecule has 3 rings (SSSR count). The molecular weight excluding hydrogens is 308 g/mol. The molecule has 3 aromatic rings. The first-order valence-corrected chi connectivity index (χ1v) is 7.82. The Morgan fingerprint density at radius 3 is 3.05 bits per heavy atom. The van der Waals surface area contributed by atoms with Gasteiger partial charge in [0, 0.05) is 11.6 Å². The molecule has 6 nitrogen and oxygen atoms in total. The van der Waals surface area contributed by atoms with Crippen LogP contribution in [0.25, 0.3) is 10.2 Å². The maximum Gasteiger partial charge on any atom is 0.245 e. The van der Waals surface area contributed by atoms with Gasteiger partial charge in [-0.05, 0) is 18.2 Å². The molecule has 1 amide bonds. The Kier molecular flexibility index (Phi) is 3.98. The summed E-state index contributed by atoms with van der Waals surface area (Å²) < 4.78 is 6.14. The molecule has 8 heteroatoms. The molecule has 0 aliphatic carbocycles. The fourth-order valence-corrected chi connectivity index (χ4v) is 3.15. The molecule has 0 aliphatic rings. The highest BCUT2D eigenvalue weighted by atomic mass is 32.1. The van der Waals surface area contributed by atoms with Crippen molar-refractivity contribution in [3.05, 3.63) is 29.8 Å². The molecule has 0 fully saturated rings. The monoisotopic (exact) mass is 320 g/mol. The highest BCUT2D eigenvalue weighted by Crippen LogP contribution is 2.29. The first-order valence-electron chi connectivity index (χ1n) is 6.12. The smallest absolute Gasteiger partial charge is 0.245 e. The van der Waals surface area contributed by atoms with Gasteiger partial charge in [0.15, 0.2) is 10.3 Å². The summed E-state index contributed by atoms with van der Waals surface area (Å²) in [7, 11) is 1.62. The van der Waals surface area contributed by atoms with Gasteiger partial charge in [-0.3, -0.25) is 4.79 Å². The molecule has 21 heavy (non-hydrogen) atoms. The van der Waals surface area contributed by atoms with Crippen molar-refractivity contribution in [2.24, 2.45) is 0 Å². The van der Waals surface area contributed by atoms with Crippen LogP contribution >= 0.6 is 22.7 Å². The molecule has 0 radical (unpaired) electrons. The van der Waals surface area contributed by atoms with Gasteiger partial charge >= 0.3 is 0 Å². The number of rotatable bonds is 5. The van der Waals surface area contributed by atoms with Crippen LogP contribution in [0.1, 0.15) is 0 Å². The van der Waals surface area contributed by atoms with Crippen LogP contribution in [-0.2, 0) is 4.79 Å². The van der Waals surface area contributed by atoms with Crippen molar-refractivity contribution < 1.29 is 9.53 Å². The van der Waals surface area contributed by atoms with Gasteiger partial charge in [-0.1, -0.05) is 11.3 Å². The lowest BCUT2D eigenvalue weighted by molar-refractivity contribution is -0.114. The number of thiazole rings is 2. The van der Waals surface area contributed by atoms with Crippen molar-refractivity contribution in [1.29, 1.82) is 0 Å². The number of benzene rings is 1. The standard InChI is InChI=1S/C13H12N4O2S2/c1-19-8-2-3-9-10(6-8)21-13(16-9)17-11(18)7-15-12-14-4-5-20-12/h2-6H,7H2,1H3,(H,14,15)(H,16,17,18). The number of nitrogens with zero attached hydrogens (tertiary/aromatic N) is 2. The maximum absolute atomic E-state index is 11.9. The van der Waals surface area contributed by atoms with E-state index in [0.717, 1.165) is 21.1 Å². The van der Waals surface area contributed by atoms with Gasteiger partial charge in [-0.2, -0.15) is 0 Å². The molecule has 0 unspecified atom stereocenters. The summed E-state index contributed by atoms with van der Waals surface area (Å²) in [5.41, 5.74) is 0.837. The largest absolute Gasteiger partial charge is 0.497 e. The average Bonchev–Trinajstić information content (AvgIpc) is 3.13. The first kappa shape index (κ1) is 13.8. The molecule has 0 saturated carbocycles. The Morgan fingerprint density at radius 1 is 1.38 bits per heavy atom. The van der Waals surface area contributed by atoms with Crippen molar-refractivity contribution in [3.8, 4) is 5.75 Å². The maximum atomic E-state index is 11.9. The van der Waals surface area contributed by atoms with Gasteiger partial charge in [0.25, 0.3) is 0 Å². The highest BCUT2D eigenvalue weighted by Gasteiger charge is 2.09. The lowest BCUT2D eigenvalue weighted by atomic mass is 10.3. The molecule has 1 aromatic carbocycles. The minimum absolute atomic E-state index is 0.156. The van der Waals surface area contributed by atoms with Gasteiger partial charge in [0.05, 0.1) is 23.9 Å². The summed E-state index contributed by atoms with van der Waals surface area (Å²) in [4.78, 5) is 20.3. The van der Waals surface area contributed by atoms with Crippen LogP contribution in [0.3, 0.4) is 0 Å². The summed E-state index contributed by atoms with van der Waals surface area (Å²) in [6.07, 6.45) is 1.69. The van der Waals surface area contributed by atoms with Gasteiger partial charge in [0.2, 0.25) is 5.91 Å². The number of ether oxygens (including phenoxy) is 1. The predicted molar refractivity (Wildman–Crippen MR) is 85.4 cm³/mol. The van der Waals surface area contributed by atoms with Gasteiger partial charge in [0.1, 0.15) is 5.75 Å². The molecular formula is C13H12N4O2S2. The number of carbonyl (C=O) groups is 1. The molecule has 0 aliphatic heterocycles. The van der Waals surface area contributed by atoms with Gasteiger partial charge in [-0.25, -0.2) is 9.97 Å². The third kappa shape index (κ3) is 3.29. The molecule has 108 valence electrons. The number of aromatic nitrogens is 2. The van der Waals surface area contributed by atoms with E-state index in [4.69, 9.17) is 4.74 Å². The second-order valence-corrected chi connectivity index (χ2v) is 6.02. The number of amides is 1. The Labute approximate surface area is 128 Å². The summed E-state index contributed by atoms with van der Waals surface area (Å²) in [6, 6.07) is 5.61. The molecule has 0 bridgehead atoms. The van der Waals surface area contributed by atoms with E-state index in [9.17, 15) is 4.79 Å². The van der Waals surface area contributed by atoms with Crippen LogP contribution in [0.5, 0.6) is 5.75 Å². The lowest BCUT2D eigenvalue weighted by Gasteiger charge is -2.02. The average molecular weight is 320 g/mol. The van der Waals surface area contributed by atoms with E-state index in [-0.39, 0.29) is 12.5 Å². The fraction of sp³-hybridized carbons (Fsp3) is 0.154. The fourth-order valence-electron chi connectivity index (χ4n) is 1.72. The lowest BCUT2D eigenvalue weighted by Crippen LogP contribution is -2.21. The number of fused-ring (bicyclic) bond motifs is 1. The zero-order valence-corrected chi connectivity index (χ0v) is 12.8. The van der Waals surface area contributed by atoms with Gasteiger partial charge in [-0.15, -0.1) is 11.3 Å². The minimum atomic E-state index is -0.156. The SMILES string of the molecule is COc1ccc2nc(NC(=O)CNc3nccs3)sc2c1. The predicted octanol–water partition coefficient (Wildman–Crippen LogP) is 2.81. The molecule has 0 saturated heterocycles. The minimum Gasteiger partial charge on any atom is -0.497 e. The van der Waals surface area contributed by atoms with Crippen molar-refractivity contribution >= 4 is 49.1 Å². The summed E-state index contributed by atoms with van der Waals surface area (Å²) >= 11 is 2.86. The van der Waals surface area contributed by atoms with E-state index < -0.39 is 0 Å². The summed E-state index contributed by atoms with van der Waals surface area (Å²) in [6.45, 7) is 0.159. The highest BCUT2D eigenvalue weighted by molar-refractivity contribution is 7.22. The van der Waals surface area contributed by atoms with E-state index in [1.165, 1.54) is 22.7 Å². The van der Waals surface area contributed by atoms with E-state index in [0.29, 0.717) is 5.13 Å².